The maximum atomic E-state index is 12.6. The second-order valence-corrected chi connectivity index (χ2v) is 6.80. The van der Waals surface area contributed by atoms with Gasteiger partial charge in [-0.2, -0.15) is 0 Å². The van der Waals surface area contributed by atoms with Gasteiger partial charge < -0.3 is 15.6 Å². The summed E-state index contributed by atoms with van der Waals surface area (Å²) < 4.78 is 32.8. The van der Waals surface area contributed by atoms with E-state index in [4.69, 9.17) is 15.6 Å². The van der Waals surface area contributed by atoms with Crippen LogP contribution in [0.1, 0.15) is 23.1 Å². The highest BCUT2D eigenvalue weighted by Gasteiger charge is 2.25. The Bertz CT molecular complexity index is 567. The zero-order chi connectivity index (χ0) is 16.2. The number of ether oxygens (including phenoxy) is 1. The molecule has 0 saturated heterocycles. The van der Waals surface area contributed by atoms with Crippen LogP contribution in [0.3, 0.4) is 0 Å². The summed E-state index contributed by atoms with van der Waals surface area (Å²) in [6.07, 6.45) is 0.284. The maximum absolute atomic E-state index is 12.6. The monoisotopic (exact) mass is 316 g/mol. The molecule has 0 aliphatic rings. The molecule has 4 N–H and O–H groups in total. The van der Waals surface area contributed by atoms with Crippen LogP contribution in [0.15, 0.2) is 11.0 Å². The normalized spacial score (nSPS) is 13.4. The standard InChI is InChI=1S/C14H24N2O4S/c1-9-7-13(15)11(3)14(10(9)2)21(18,19)16-12(5-6-17)8-20-4/h7,12,16-17H,5-6,8,15H2,1-4H3. The number of sulfonamides is 1. The van der Waals surface area contributed by atoms with Crippen molar-refractivity contribution < 1.29 is 18.3 Å². The molecule has 0 aliphatic heterocycles. The quantitative estimate of drug-likeness (QED) is 0.648. The number of nitrogen functional groups attached to an aromatic ring is 1. The van der Waals surface area contributed by atoms with Gasteiger partial charge in [0.15, 0.2) is 0 Å². The Morgan fingerprint density at radius 3 is 2.48 bits per heavy atom. The summed E-state index contributed by atoms with van der Waals surface area (Å²) in [6.45, 7) is 5.34. The summed E-state index contributed by atoms with van der Waals surface area (Å²) in [5.74, 6) is 0. The van der Waals surface area contributed by atoms with Crippen molar-refractivity contribution in [1.82, 2.24) is 4.72 Å². The summed E-state index contributed by atoms with van der Waals surface area (Å²) in [5.41, 5.74) is 8.36. The lowest BCUT2D eigenvalue weighted by Gasteiger charge is -2.20. The molecule has 120 valence electrons. The first-order valence-electron chi connectivity index (χ1n) is 6.73. The summed E-state index contributed by atoms with van der Waals surface area (Å²) in [5, 5.41) is 9.02. The SMILES string of the molecule is COCC(CCO)NS(=O)(=O)c1c(C)c(C)cc(N)c1C. The van der Waals surface area contributed by atoms with Crippen molar-refractivity contribution in [2.24, 2.45) is 0 Å². The van der Waals surface area contributed by atoms with E-state index in [9.17, 15) is 8.42 Å². The summed E-state index contributed by atoms with van der Waals surface area (Å²) in [4.78, 5) is 0.207. The van der Waals surface area contributed by atoms with E-state index in [2.05, 4.69) is 4.72 Å². The van der Waals surface area contributed by atoms with Crippen LogP contribution in [0.5, 0.6) is 0 Å². The highest BCUT2D eigenvalue weighted by Crippen LogP contribution is 2.28. The van der Waals surface area contributed by atoms with E-state index in [-0.39, 0.29) is 24.5 Å². The van der Waals surface area contributed by atoms with Gasteiger partial charge in [-0.3, -0.25) is 0 Å². The molecule has 0 spiro atoms. The molecule has 1 aromatic carbocycles. The largest absolute Gasteiger partial charge is 0.398 e. The lowest BCUT2D eigenvalue weighted by Crippen LogP contribution is -2.39. The number of aryl methyl sites for hydroxylation is 1. The van der Waals surface area contributed by atoms with Gasteiger partial charge in [0.2, 0.25) is 10.0 Å². The minimum atomic E-state index is -3.73. The van der Waals surface area contributed by atoms with E-state index in [1.165, 1.54) is 7.11 Å². The highest BCUT2D eigenvalue weighted by atomic mass is 32.2. The molecule has 1 unspecified atom stereocenters. The second kappa shape index (κ2) is 7.22. The van der Waals surface area contributed by atoms with Crippen molar-refractivity contribution in [3.8, 4) is 0 Å². The molecule has 0 bridgehead atoms. The number of methoxy groups -OCH3 is 1. The molecule has 6 nitrogen and oxygen atoms in total. The van der Waals surface area contributed by atoms with Crippen LogP contribution < -0.4 is 10.5 Å². The topological polar surface area (TPSA) is 102 Å². The molecule has 1 rings (SSSR count). The molecule has 0 amide bonds. The number of hydrogen-bond donors (Lipinski definition) is 3. The van der Waals surface area contributed by atoms with Crippen molar-refractivity contribution in [3.63, 3.8) is 0 Å². The number of anilines is 1. The first-order valence-corrected chi connectivity index (χ1v) is 8.21. The average Bonchev–Trinajstić information content (AvgIpc) is 2.36. The molecule has 0 saturated carbocycles. The third-order valence-electron chi connectivity index (χ3n) is 3.51. The number of rotatable bonds is 7. The summed E-state index contributed by atoms with van der Waals surface area (Å²) in [6, 6.07) is 1.29. The van der Waals surface area contributed by atoms with Gasteiger partial charge in [0, 0.05) is 25.4 Å². The van der Waals surface area contributed by atoms with E-state index in [0.717, 1.165) is 5.56 Å². The molecule has 21 heavy (non-hydrogen) atoms. The number of benzene rings is 1. The number of nitrogens with two attached hydrogens (primary N) is 1. The van der Waals surface area contributed by atoms with Gasteiger partial charge in [-0.1, -0.05) is 0 Å². The third kappa shape index (κ3) is 4.16. The lowest BCUT2D eigenvalue weighted by atomic mass is 10.1. The number of hydrogen-bond acceptors (Lipinski definition) is 5. The molecule has 0 aromatic heterocycles. The molecule has 0 fully saturated rings. The Kier molecular flexibility index (Phi) is 6.15. The Morgan fingerprint density at radius 1 is 1.33 bits per heavy atom. The fourth-order valence-corrected chi connectivity index (χ4v) is 4.08. The van der Waals surface area contributed by atoms with E-state index in [1.54, 1.807) is 19.9 Å². The van der Waals surface area contributed by atoms with E-state index in [0.29, 0.717) is 16.8 Å². The van der Waals surface area contributed by atoms with E-state index >= 15 is 0 Å². The van der Waals surface area contributed by atoms with Crippen LogP contribution in [0, 0.1) is 20.8 Å². The minimum Gasteiger partial charge on any atom is -0.398 e. The predicted molar refractivity (Wildman–Crippen MR) is 82.8 cm³/mol. The van der Waals surface area contributed by atoms with Gasteiger partial charge in [-0.25, -0.2) is 13.1 Å². The molecular weight excluding hydrogens is 292 g/mol. The molecule has 7 heteroatoms. The molecule has 0 radical (unpaired) electrons. The van der Waals surface area contributed by atoms with Crippen molar-refractivity contribution in [1.29, 1.82) is 0 Å². The first kappa shape index (κ1) is 17.9. The Hall–Kier alpha value is -1.15. The minimum absolute atomic E-state index is 0.121. The Morgan fingerprint density at radius 2 is 1.95 bits per heavy atom. The van der Waals surface area contributed by atoms with Gasteiger partial charge in [-0.05, 0) is 49.9 Å². The van der Waals surface area contributed by atoms with Crippen molar-refractivity contribution in [2.75, 3.05) is 26.1 Å². The van der Waals surface area contributed by atoms with E-state index in [1.807, 2.05) is 6.92 Å². The number of aliphatic hydroxyl groups excluding tert-OH is 1. The molecule has 0 aliphatic carbocycles. The van der Waals surface area contributed by atoms with E-state index < -0.39 is 16.1 Å². The van der Waals surface area contributed by atoms with Gasteiger partial charge >= 0.3 is 0 Å². The van der Waals surface area contributed by atoms with Crippen LogP contribution in [-0.2, 0) is 14.8 Å². The Labute approximate surface area is 126 Å². The molecule has 1 aromatic rings. The van der Waals surface area contributed by atoms with Crippen LogP contribution >= 0.6 is 0 Å². The van der Waals surface area contributed by atoms with Gasteiger partial charge in [0.1, 0.15) is 0 Å². The van der Waals surface area contributed by atoms with Crippen LogP contribution in [-0.4, -0.2) is 39.9 Å². The zero-order valence-corrected chi connectivity index (χ0v) is 13.8. The smallest absolute Gasteiger partial charge is 0.241 e. The fraction of sp³-hybridized carbons (Fsp3) is 0.571. The summed E-state index contributed by atoms with van der Waals surface area (Å²) >= 11 is 0. The van der Waals surface area contributed by atoms with Crippen molar-refractivity contribution >= 4 is 15.7 Å². The number of nitrogens with one attached hydrogen (secondary N) is 1. The molecular formula is C14H24N2O4S. The first-order chi connectivity index (χ1) is 9.74. The number of aliphatic hydroxyl groups is 1. The zero-order valence-electron chi connectivity index (χ0n) is 12.9. The van der Waals surface area contributed by atoms with Crippen LogP contribution in [0.25, 0.3) is 0 Å². The summed E-state index contributed by atoms with van der Waals surface area (Å²) in [7, 11) is -2.25. The second-order valence-electron chi connectivity index (χ2n) is 5.15. The van der Waals surface area contributed by atoms with Gasteiger partial charge in [-0.15, -0.1) is 0 Å². The maximum Gasteiger partial charge on any atom is 0.241 e. The molecule has 0 heterocycles. The highest BCUT2D eigenvalue weighted by molar-refractivity contribution is 7.89. The lowest BCUT2D eigenvalue weighted by molar-refractivity contribution is 0.158. The van der Waals surface area contributed by atoms with Gasteiger partial charge in [0.25, 0.3) is 0 Å². The van der Waals surface area contributed by atoms with Crippen molar-refractivity contribution in [3.05, 3.63) is 22.8 Å². The third-order valence-corrected chi connectivity index (χ3v) is 5.31. The van der Waals surface area contributed by atoms with Gasteiger partial charge in [0.05, 0.1) is 11.5 Å². The predicted octanol–water partition coefficient (Wildman–Crippen LogP) is 0.870. The fourth-order valence-electron chi connectivity index (χ4n) is 2.26. The Balaban J connectivity index is 3.25. The van der Waals surface area contributed by atoms with Crippen LogP contribution in [0.4, 0.5) is 5.69 Å². The molecule has 1 atom stereocenters. The average molecular weight is 316 g/mol. The van der Waals surface area contributed by atoms with Crippen molar-refractivity contribution in [2.45, 2.75) is 38.1 Å². The van der Waals surface area contributed by atoms with Crippen LogP contribution in [0.2, 0.25) is 0 Å².